The highest BCUT2D eigenvalue weighted by atomic mass is 32.1. The maximum atomic E-state index is 14.7. The van der Waals surface area contributed by atoms with Crippen LogP contribution in [0.5, 0.6) is 0 Å². The molecule has 3 aromatic rings. The predicted octanol–water partition coefficient (Wildman–Crippen LogP) is 6.71. The Morgan fingerprint density at radius 3 is 2.37 bits per heavy atom. The van der Waals surface area contributed by atoms with Gasteiger partial charge in [-0.3, -0.25) is 28.8 Å². The number of likely N-dealkylation sites (tertiary alicyclic amines) is 1. The molecule has 4 heterocycles. The third-order valence-electron chi connectivity index (χ3n) is 12.9. The highest BCUT2D eigenvalue weighted by molar-refractivity contribution is 7.20. The molecule has 1 saturated carbocycles. The smallest absolute Gasteiger partial charge is 0.270 e. The van der Waals surface area contributed by atoms with Crippen LogP contribution in [-0.4, -0.2) is 76.3 Å². The number of carbonyl (C=O) groups is 6. The van der Waals surface area contributed by atoms with Gasteiger partial charge in [-0.1, -0.05) is 49.6 Å². The van der Waals surface area contributed by atoms with Gasteiger partial charge in [0, 0.05) is 55.5 Å². The molecule has 4 N–H and O–H groups in total. The normalized spacial score (nSPS) is 22.4. The van der Waals surface area contributed by atoms with E-state index in [4.69, 9.17) is 5.73 Å². The van der Waals surface area contributed by atoms with Crippen LogP contribution >= 0.6 is 11.3 Å². The molecule has 316 valence electrons. The number of benzene rings is 2. The number of primary amides is 1. The summed E-state index contributed by atoms with van der Waals surface area (Å²) in [4.78, 5) is 87.1. The molecule has 7 rings (SSSR count). The fourth-order valence-corrected chi connectivity index (χ4v) is 10.7. The van der Waals surface area contributed by atoms with Crippen molar-refractivity contribution in [1.82, 2.24) is 20.4 Å². The highest BCUT2D eigenvalue weighted by Crippen LogP contribution is 2.40. The highest BCUT2D eigenvalue weighted by Gasteiger charge is 2.46. The van der Waals surface area contributed by atoms with Crippen molar-refractivity contribution in [2.45, 2.75) is 133 Å². The molecule has 5 amide bonds. The van der Waals surface area contributed by atoms with E-state index in [1.54, 1.807) is 17.0 Å². The topological polar surface area (TPSA) is 159 Å². The number of piperidine rings is 2. The fourth-order valence-electron chi connectivity index (χ4n) is 9.74. The average molecular weight is 832 g/mol. The molecule has 0 spiro atoms. The van der Waals surface area contributed by atoms with Gasteiger partial charge in [-0.2, -0.15) is 0 Å². The van der Waals surface area contributed by atoms with Crippen molar-refractivity contribution in [3.8, 4) is 0 Å². The van der Waals surface area contributed by atoms with Crippen molar-refractivity contribution in [2.24, 2.45) is 17.6 Å². The molecule has 0 bridgehead atoms. The number of Topliss-reactive ketones (excluding diaryl/α,β-unsaturated/α-hetero) is 1. The van der Waals surface area contributed by atoms with Crippen LogP contribution in [0, 0.1) is 11.8 Å². The average Bonchev–Trinajstić information content (AvgIpc) is 3.63. The van der Waals surface area contributed by atoms with Crippen LogP contribution in [0.2, 0.25) is 0 Å². The van der Waals surface area contributed by atoms with Crippen molar-refractivity contribution in [2.75, 3.05) is 13.1 Å². The Balaban J connectivity index is 1.13. The lowest BCUT2D eigenvalue weighted by Gasteiger charge is -2.42. The zero-order valence-electron chi connectivity index (χ0n) is 33.7. The Morgan fingerprint density at radius 1 is 0.915 bits per heavy atom. The molecule has 14 heteroatoms. The van der Waals surface area contributed by atoms with Crippen molar-refractivity contribution < 1.29 is 37.5 Å². The first-order valence-electron chi connectivity index (χ1n) is 21.3. The van der Waals surface area contributed by atoms with E-state index in [0.717, 1.165) is 80.8 Å². The minimum atomic E-state index is -3.05. The van der Waals surface area contributed by atoms with E-state index < -0.39 is 59.6 Å². The monoisotopic (exact) mass is 831 g/mol. The number of halogens is 2. The predicted molar refractivity (Wildman–Crippen MR) is 220 cm³/mol. The summed E-state index contributed by atoms with van der Waals surface area (Å²) < 4.78 is 28.8. The molecule has 0 unspecified atom stereocenters. The molecule has 3 aliphatic heterocycles. The molecule has 5 atom stereocenters. The Morgan fingerprint density at radius 2 is 1.64 bits per heavy atom. The first-order valence-corrected chi connectivity index (χ1v) is 22.1. The number of carbonyl (C=O) groups excluding carboxylic acids is 6. The zero-order chi connectivity index (χ0) is 41.8. The summed E-state index contributed by atoms with van der Waals surface area (Å²) in [5.41, 5.74) is 7.11. The molecule has 2 saturated heterocycles. The second-order valence-corrected chi connectivity index (χ2v) is 18.1. The van der Waals surface area contributed by atoms with Crippen molar-refractivity contribution in [3.63, 3.8) is 0 Å². The lowest BCUT2D eigenvalue weighted by molar-refractivity contribution is -0.148. The van der Waals surface area contributed by atoms with Gasteiger partial charge in [0.1, 0.15) is 12.1 Å². The molecule has 2 aromatic carbocycles. The summed E-state index contributed by atoms with van der Waals surface area (Å²) in [6, 6.07) is 9.78. The summed E-state index contributed by atoms with van der Waals surface area (Å²) in [6.07, 6.45) is 9.16. The lowest BCUT2D eigenvalue weighted by Crippen LogP contribution is -2.59. The number of rotatable bonds is 13. The molecular weight excluding hydrogens is 777 g/mol. The van der Waals surface area contributed by atoms with Crippen LogP contribution in [0.4, 0.5) is 8.78 Å². The van der Waals surface area contributed by atoms with Crippen LogP contribution < -0.4 is 16.4 Å². The number of nitrogens with zero attached hydrogens (tertiary/aromatic N) is 2. The molecule has 4 aliphatic rings. The second kappa shape index (κ2) is 18.3. The second-order valence-electron chi connectivity index (χ2n) is 17.0. The maximum absolute atomic E-state index is 14.7. The molecule has 0 radical (unpaired) electrons. The molecule has 1 aliphatic carbocycles. The summed E-state index contributed by atoms with van der Waals surface area (Å²) in [5, 5.41) is 6.32. The summed E-state index contributed by atoms with van der Waals surface area (Å²) >= 11 is 1.14. The van der Waals surface area contributed by atoms with E-state index >= 15 is 0 Å². The first kappa shape index (κ1) is 42.4. The number of hydrogen-bond acceptors (Lipinski definition) is 7. The van der Waals surface area contributed by atoms with E-state index in [9.17, 15) is 37.5 Å². The third-order valence-corrected chi connectivity index (χ3v) is 14.0. The van der Waals surface area contributed by atoms with Gasteiger partial charge >= 0.3 is 0 Å². The van der Waals surface area contributed by atoms with Gasteiger partial charge in [0.15, 0.2) is 5.78 Å². The molecule has 3 fully saturated rings. The van der Waals surface area contributed by atoms with Crippen LogP contribution in [0.25, 0.3) is 10.1 Å². The number of amides is 5. The van der Waals surface area contributed by atoms with E-state index in [2.05, 4.69) is 10.6 Å². The van der Waals surface area contributed by atoms with E-state index in [1.165, 1.54) is 12.1 Å². The SMILES string of the molecule is CC(F)(F)c1ccc2sc(C(=O)N[C@H]3Cc4ccccc4[C@H]4CCC[C@@H](C(=O)N[C@@H](CCC(N)=O)C(=O)C[C@H](C(=O)N5CCCCC5)C5CCCCC5)N4C3=O)cc2c1. The molecule has 59 heavy (non-hydrogen) atoms. The number of alkyl halides is 2. The van der Waals surface area contributed by atoms with Crippen molar-refractivity contribution >= 4 is 56.7 Å². The van der Waals surface area contributed by atoms with Crippen LogP contribution in [0.15, 0.2) is 48.5 Å². The Hall–Kier alpha value is -4.72. The summed E-state index contributed by atoms with van der Waals surface area (Å²) in [6.45, 7) is 2.15. The number of thiophene rings is 1. The van der Waals surface area contributed by atoms with Gasteiger partial charge in [0.25, 0.3) is 11.8 Å². The van der Waals surface area contributed by atoms with Crippen LogP contribution in [0.1, 0.15) is 129 Å². The molecular formula is C45H55F2N5O6S. The summed E-state index contributed by atoms with van der Waals surface area (Å²) in [7, 11) is 0. The summed E-state index contributed by atoms with van der Waals surface area (Å²) in [5.74, 6) is -6.00. The maximum Gasteiger partial charge on any atom is 0.270 e. The standard InChI is InChI=1S/C45H55F2N5O6S/c1-45(46,47)30-17-19-38-29(23-30)25-39(59-38)42(56)50-34-24-28-13-6-7-14-31(28)35-15-10-16-36(52(35)44(34)58)41(55)49-33(18-20-40(48)54)37(53)26-32(27-11-4-2-5-12-27)43(57)51-21-8-3-9-22-51/h6-7,13-14,17,19,23,25,27,32-36H,2-5,8-12,15-16,18,20-22,24,26H2,1H3,(H2,48,54)(H,49,55)(H,50,56)/t32-,33-,34-,35+,36-/m0/s1. The van der Waals surface area contributed by atoms with Gasteiger partial charge in [0.2, 0.25) is 23.6 Å². The Bertz CT molecular complexity index is 2070. The first-order chi connectivity index (χ1) is 28.3. The number of nitrogens with two attached hydrogens (primary N) is 1. The van der Waals surface area contributed by atoms with Gasteiger partial charge in [-0.25, -0.2) is 8.78 Å². The van der Waals surface area contributed by atoms with Crippen LogP contribution in [-0.2, 0) is 36.3 Å². The fraction of sp³-hybridized carbons (Fsp3) is 0.556. The third kappa shape index (κ3) is 9.68. The van der Waals surface area contributed by atoms with Gasteiger partial charge in [0.05, 0.1) is 17.0 Å². The minimum absolute atomic E-state index is 0.00938. The van der Waals surface area contributed by atoms with Crippen molar-refractivity contribution in [1.29, 1.82) is 0 Å². The minimum Gasteiger partial charge on any atom is -0.370 e. The number of fused-ring (bicyclic) bond motifs is 4. The van der Waals surface area contributed by atoms with Gasteiger partial charge in [-0.15, -0.1) is 11.3 Å². The van der Waals surface area contributed by atoms with Crippen molar-refractivity contribution in [3.05, 3.63) is 70.1 Å². The largest absolute Gasteiger partial charge is 0.370 e. The Kier molecular flexibility index (Phi) is 13.1. The van der Waals surface area contributed by atoms with Crippen LogP contribution in [0.3, 0.4) is 0 Å². The quantitative estimate of drug-likeness (QED) is 0.174. The van der Waals surface area contributed by atoms with E-state index in [-0.39, 0.29) is 53.7 Å². The van der Waals surface area contributed by atoms with Gasteiger partial charge in [-0.05, 0) is 98.4 Å². The van der Waals surface area contributed by atoms with Gasteiger partial charge < -0.3 is 26.2 Å². The Labute approximate surface area is 347 Å². The number of ketones is 1. The van der Waals surface area contributed by atoms with E-state index in [0.29, 0.717) is 42.4 Å². The number of hydrogen-bond donors (Lipinski definition) is 3. The molecule has 11 nitrogen and oxygen atoms in total. The number of nitrogens with one attached hydrogen (secondary N) is 2. The lowest BCUT2D eigenvalue weighted by atomic mass is 9.76. The molecule has 1 aromatic heterocycles. The zero-order valence-corrected chi connectivity index (χ0v) is 34.5. The van der Waals surface area contributed by atoms with E-state index in [1.807, 2.05) is 29.2 Å².